The first-order valence-corrected chi connectivity index (χ1v) is 7.36. The van der Waals surface area contributed by atoms with Gasteiger partial charge in [0.1, 0.15) is 0 Å². The van der Waals surface area contributed by atoms with Gasteiger partial charge in [0.15, 0.2) is 0 Å². The van der Waals surface area contributed by atoms with Crippen LogP contribution in [-0.4, -0.2) is 28.8 Å². The van der Waals surface area contributed by atoms with Crippen LogP contribution in [0.5, 0.6) is 0 Å². The van der Waals surface area contributed by atoms with Gasteiger partial charge in [0, 0.05) is 43.5 Å². The maximum Gasteiger partial charge on any atom is 0.228 e. The van der Waals surface area contributed by atoms with Gasteiger partial charge >= 0.3 is 0 Å². The Morgan fingerprint density at radius 2 is 2.19 bits per heavy atom. The highest BCUT2D eigenvalue weighted by Gasteiger charge is 2.31. The molecule has 1 aliphatic rings. The first-order chi connectivity index (χ1) is 10.3. The molecule has 1 aromatic carbocycles. The molecular weight excluding hydrogens is 264 g/mol. The van der Waals surface area contributed by atoms with Gasteiger partial charge in [-0.1, -0.05) is 18.2 Å². The fraction of sp³-hybridized carbons (Fsp3) is 0.375. The normalized spacial score (nSPS) is 17.0. The molecule has 110 valence electrons. The number of aromatic nitrogens is 2. The largest absolute Gasteiger partial charge is 0.330 e. The predicted molar refractivity (Wildman–Crippen MR) is 82.1 cm³/mol. The average molecular weight is 284 g/mol. The molecule has 5 heteroatoms. The number of carbonyl (C=O) groups excluding carboxylic acids is 1. The van der Waals surface area contributed by atoms with E-state index in [4.69, 9.17) is 5.73 Å². The molecule has 0 spiro atoms. The highest BCUT2D eigenvalue weighted by Crippen LogP contribution is 2.37. The van der Waals surface area contributed by atoms with E-state index in [1.165, 1.54) is 5.56 Å². The van der Waals surface area contributed by atoms with Crippen molar-refractivity contribution in [3.05, 3.63) is 48.3 Å². The summed E-state index contributed by atoms with van der Waals surface area (Å²) in [7, 11) is 0. The maximum absolute atomic E-state index is 12.5. The van der Waals surface area contributed by atoms with Gasteiger partial charge in [-0.2, -0.15) is 5.10 Å². The number of fused-ring (bicyclic) bond motifs is 1. The molecule has 0 radical (unpaired) electrons. The van der Waals surface area contributed by atoms with Crippen LogP contribution in [0.15, 0.2) is 42.7 Å². The van der Waals surface area contributed by atoms with Gasteiger partial charge in [-0.25, -0.2) is 0 Å². The Balaban J connectivity index is 1.72. The fourth-order valence-electron chi connectivity index (χ4n) is 2.96. The van der Waals surface area contributed by atoms with Crippen molar-refractivity contribution in [2.45, 2.75) is 25.3 Å². The van der Waals surface area contributed by atoms with E-state index in [0.29, 0.717) is 25.4 Å². The van der Waals surface area contributed by atoms with E-state index in [-0.39, 0.29) is 5.91 Å². The summed E-state index contributed by atoms with van der Waals surface area (Å²) in [5.41, 5.74) is 7.98. The molecule has 1 atom stereocenters. The van der Waals surface area contributed by atoms with Crippen LogP contribution in [0.1, 0.15) is 24.3 Å². The molecule has 1 unspecified atom stereocenters. The Morgan fingerprint density at radius 3 is 2.95 bits per heavy atom. The molecule has 0 bridgehead atoms. The third kappa shape index (κ3) is 2.83. The summed E-state index contributed by atoms with van der Waals surface area (Å²) in [4.78, 5) is 14.4. The maximum atomic E-state index is 12.5. The summed E-state index contributed by atoms with van der Waals surface area (Å²) >= 11 is 0. The highest BCUT2D eigenvalue weighted by atomic mass is 16.2. The van der Waals surface area contributed by atoms with Crippen molar-refractivity contribution in [2.75, 3.05) is 18.0 Å². The first kappa shape index (κ1) is 13.8. The first-order valence-electron chi connectivity index (χ1n) is 7.36. The van der Waals surface area contributed by atoms with Crippen LogP contribution in [0.3, 0.4) is 0 Å². The predicted octanol–water partition coefficient (Wildman–Crippen LogP) is 1.75. The molecule has 2 N–H and O–H groups in total. The molecule has 1 amide bonds. The lowest BCUT2D eigenvalue weighted by Gasteiger charge is -2.18. The van der Waals surface area contributed by atoms with Gasteiger partial charge in [0.05, 0.1) is 0 Å². The number of carbonyl (C=O) groups is 1. The third-order valence-electron chi connectivity index (χ3n) is 4.00. The van der Waals surface area contributed by atoms with Crippen LogP contribution in [0.25, 0.3) is 0 Å². The monoisotopic (exact) mass is 284 g/mol. The zero-order valence-corrected chi connectivity index (χ0v) is 12.0. The Bertz CT molecular complexity index is 608. The second kappa shape index (κ2) is 6.10. The second-order valence-corrected chi connectivity index (χ2v) is 5.36. The van der Waals surface area contributed by atoms with E-state index in [9.17, 15) is 4.79 Å². The quantitative estimate of drug-likeness (QED) is 0.909. The van der Waals surface area contributed by atoms with Gasteiger partial charge in [-0.05, 0) is 30.7 Å². The molecule has 21 heavy (non-hydrogen) atoms. The van der Waals surface area contributed by atoms with Crippen LogP contribution in [0, 0.1) is 0 Å². The number of hydrogen-bond acceptors (Lipinski definition) is 3. The van der Waals surface area contributed by atoms with Gasteiger partial charge in [-0.3, -0.25) is 9.48 Å². The zero-order valence-electron chi connectivity index (χ0n) is 12.0. The molecule has 5 nitrogen and oxygen atoms in total. The summed E-state index contributed by atoms with van der Waals surface area (Å²) in [5, 5.41) is 4.13. The van der Waals surface area contributed by atoms with Crippen LogP contribution in [-0.2, 0) is 11.3 Å². The number of nitrogens with zero attached hydrogens (tertiary/aromatic N) is 3. The Kier molecular flexibility index (Phi) is 4.01. The molecule has 0 saturated carbocycles. The minimum atomic E-state index is 0.150. The lowest BCUT2D eigenvalue weighted by atomic mass is 9.98. The van der Waals surface area contributed by atoms with Crippen molar-refractivity contribution < 1.29 is 4.79 Å². The summed E-state index contributed by atoms with van der Waals surface area (Å²) in [5.74, 6) is 0.511. The van der Waals surface area contributed by atoms with Crippen molar-refractivity contribution in [1.82, 2.24) is 9.78 Å². The number of aryl methyl sites for hydroxylation is 1. The number of rotatable bonds is 5. The number of amides is 1. The third-order valence-corrected chi connectivity index (χ3v) is 4.00. The number of anilines is 1. The number of hydrogen-bond donors (Lipinski definition) is 1. The van der Waals surface area contributed by atoms with Crippen molar-refractivity contribution in [3.63, 3.8) is 0 Å². The van der Waals surface area contributed by atoms with E-state index in [1.54, 1.807) is 10.9 Å². The van der Waals surface area contributed by atoms with Crippen molar-refractivity contribution in [2.24, 2.45) is 5.73 Å². The van der Waals surface area contributed by atoms with E-state index >= 15 is 0 Å². The number of benzene rings is 1. The summed E-state index contributed by atoms with van der Waals surface area (Å²) < 4.78 is 1.79. The van der Waals surface area contributed by atoms with E-state index in [0.717, 1.165) is 18.7 Å². The highest BCUT2D eigenvalue weighted by molar-refractivity contribution is 5.95. The lowest BCUT2D eigenvalue weighted by molar-refractivity contribution is -0.118. The average Bonchev–Trinajstić information content (AvgIpc) is 3.14. The Labute approximate surface area is 124 Å². The summed E-state index contributed by atoms with van der Waals surface area (Å²) in [6.45, 7) is 2.01. The van der Waals surface area contributed by atoms with Gasteiger partial charge in [0.2, 0.25) is 5.91 Å². The SMILES string of the molecule is NCCC1CN(C(=O)CCn2cccn2)c2ccccc21. The Hall–Kier alpha value is -2.14. The standard InChI is InChI=1S/C16H20N4O/c17-8-6-13-12-20(15-5-2-1-4-14(13)15)16(21)7-11-19-10-3-9-18-19/h1-5,9-10,13H,6-8,11-12,17H2. The van der Waals surface area contributed by atoms with Gasteiger partial charge in [-0.15, -0.1) is 0 Å². The molecule has 0 saturated heterocycles. The Morgan fingerprint density at radius 1 is 1.33 bits per heavy atom. The molecule has 3 rings (SSSR count). The lowest BCUT2D eigenvalue weighted by Crippen LogP contribution is -2.30. The van der Waals surface area contributed by atoms with E-state index in [1.807, 2.05) is 35.4 Å². The minimum absolute atomic E-state index is 0.150. The molecule has 2 heterocycles. The van der Waals surface area contributed by atoms with Crippen LogP contribution >= 0.6 is 0 Å². The van der Waals surface area contributed by atoms with Crippen LogP contribution in [0.2, 0.25) is 0 Å². The van der Waals surface area contributed by atoms with Crippen LogP contribution in [0.4, 0.5) is 5.69 Å². The molecule has 1 aromatic heterocycles. The van der Waals surface area contributed by atoms with Crippen molar-refractivity contribution in [3.8, 4) is 0 Å². The van der Waals surface area contributed by atoms with E-state index < -0.39 is 0 Å². The summed E-state index contributed by atoms with van der Waals surface area (Å²) in [6.07, 6.45) is 4.99. The van der Waals surface area contributed by atoms with Crippen molar-refractivity contribution in [1.29, 1.82) is 0 Å². The molecule has 0 aliphatic carbocycles. The molecule has 2 aromatic rings. The smallest absolute Gasteiger partial charge is 0.228 e. The molecule has 0 fully saturated rings. The van der Waals surface area contributed by atoms with Gasteiger partial charge < -0.3 is 10.6 Å². The fourth-order valence-corrected chi connectivity index (χ4v) is 2.96. The topological polar surface area (TPSA) is 64.2 Å². The second-order valence-electron chi connectivity index (χ2n) is 5.36. The zero-order chi connectivity index (χ0) is 14.7. The van der Waals surface area contributed by atoms with Gasteiger partial charge in [0.25, 0.3) is 0 Å². The summed E-state index contributed by atoms with van der Waals surface area (Å²) in [6, 6.07) is 10.0. The van der Waals surface area contributed by atoms with Crippen LogP contribution < -0.4 is 10.6 Å². The van der Waals surface area contributed by atoms with Crippen molar-refractivity contribution >= 4 is 11.6 Å². The number of nitrogens with two attached hydrogens (primary N) is 1. The van der Waals surface area contributed by atoms with E-state index in [2.05, 4.69) is 11.2 Å². The molecular formula is C16H20N4O. The minimum Gasteiger partial charge on any atom is -0.330 e. The number of para-hydroxylation sites is 1. The molecule has 1 aliphatic heterocycles.